The molecule has 1 fully saturated rings. The molecule has 0 bridgehead atoms. The van der Waals surface area contributed by atoms with Gasteiger partial charge in [-0.25, -0.2) is 0 Å². The predicted molar refractivity (Wildman–Crippen MR) is 73.0 cm³/mol. The van der Waals surface area contributed by atoms with Crippen LogP contribution in [0.1, 0.15) is 32.6 Å². The molecule has 1 aliphatic carbocycles. The minimum Gasteiger partial charge on any atom is -0.303 e. The van der Waals surface area contributed by atoms with Gasteiger partial charge in [0.1, 0.15) is 6.29 Å². The molecular formula is C15H25NO. The van der Waals surface area contributed by atoms with E-state index in [1.54, 1.807) is 0 Å². The summed E-state index contributed by atoms with van der Waals surface area (Å²) in [6.45, 7) is 12.3. The Bertz CT molecular complexity index is 254. The molecule has 2 nitrogen and oxygen atoms in total. The van der Waals surface area contributed by atoms with E-state index in [0.29, 0.717) is 0 Å². The second-order valence-corrected chi connectivity index (χ2v) is 5.43. The first-order chi connectivity index (χ1) is 8.15. The van der Waals surface area contributed by atoms with Crippen LogP contribution in [0, 0.1) is 11.3 Å². The van der Waals surface area contributed by atoms with Gasteiger partial charge in [0, 0.05) is 25.0 Å². The molecule has 1 aliphatic rings. The Balaban J connectivity index is 2.62. The molecule has 2 heteroatoms. The zero-order valence-corrected chi connectivity index (χ0v) is 11.0. The van der Waals surface area contributed by atoms with Crippen molar-refractivity contribution in [2.24, 2.45) is 11.3 Å². The van der Waals surface area contributed by atoms with E-state index in [1.165, 1.54) is 19.1 Å². The normalized spacial score (nSPS) is 28.9. The number of aldehydes is 1. The second kappa shape index (κ2) is 6.75. The summed E-state index contributed by atoms with van der Waals surface area (Å²) in [5.41, 5.74) is -0.126. The summed E-state index contributed by atoms with van der Waals surface area (Å²) in [4.78, 5) is 13.7. The largest absolute Gasteiger partial charge is 0.303 e. The Morgan fingerprint density at radius 2 is 1.76 bits per heavy atom. The van der Waals surface area contributed by atoms with Crippen LogP contribution in [0.25, 0.3) is 0 Å². The average Bonchev–Trinajstić information content (AvgIpc) is 2.33. The molecule has 0 unspecified atom stereocenters. The summed E-state index contributed by atoms with van der Waals surface area (Å²) in [5, 5.41) is 0. The highest BCUT2D eigenvalue weighted by molar-refractivity contribution is 5.60. The van der Waals surface area contributed by atoms with E-state index in [2.05, 4.69) is 25.0 Å². The van der Waals surface area contributed by atoms with Crippen molar-refractivity contribution in [3.05, 3.63) is 25.3 Å². The molecule has 0 N–H and O–H groups in total. The lowest BCUT2D eigenvalue weighted by atomic mass is 9.71. The van der Waals surface area contributed by atoms with E-state index >= 15 is 0 Å². The maximum atomic E-state index is 11.5. The molecule has 1 rings (SSSR count). The van der Waals surface area contributed by atoms with Gasteiger partial charge in [-0.1, -0.05) is 19.1 Å². The van der Waals surface area contributed by atoms with Crippen LogP contribution >= 0.6 is 0 Å². The number of carbonyl (C=O) groups is 1. The fraction of sp³-hybridized carbons (Fsp3) is 0.667. The van der Waals surface area contributed by atoms with Crippen LogP contribution in [0.5, 0.6) is 0 Å². The monoisotopic (exact) mass is 235 g/mol. The van der Waals surface area contributed by atoms with Crippen LogP contribution in [-0.4, -0.2) is 30.8 Å². The highest BCUT2D eigenvalue weighted by Gasteiger charge is 2.35. The van der Waals surface area contributed by atoms with Gasteiger partial charge in [0.25, 0.3) is 0 Å². The fourth-order valence-electron chi connectivity index (χ4n) is 2.66. The summed E-state index contributed by atoms with van der Waals surface area (Å²) >= 11 is 0. The summed E-state index contributed by atoms with van der Waals surface area (Å²) < 4.78 is 0. The van der Waals surface area contributed by atoms with Crippen molar-refractivity contribution in [1.82, 2.24) is 4.90 Å². The van der Waals surface area contributed by atoms with Crippen LogP contribution < -0.4 is 0 Å². The van der Waals surface area contributed by atoms with Gasteiger partial charge >= 0.3 is 0 Å². The van der Waals surface area contributed by atoms with Crippen LogP contribution in [0.15, 0.2) is 25.3 Å². The molecule has 0 radical (unpaired) electrons. The Morgan fingerprint density at radius 1 is 1.24 bits per heavy atom. The maximum Gasteiger partial charge on any atom is 0.127 e. The number of rotatable bonds is 7. The smallest absolute Gasteiger partial charge is 0.127 e. The first-order valence-corrected chi connectivity index (χ1v) is 6.56. The summed E-state index contributed by atoms with van der Waals surface area (Å²) in [6, 6.07) is 0. The summed E-state index contributed by atoms with van der Waals surface area (Å²) in [7, 11) is 0. The lowest BCUT2D eigenvalue weighted by molar-refractivity contribution is -0.119. The van der Waals surface area contributed by atoms with Gasteiger partial charge in [0.2, 0.25) is 0 Å². The third kappa shape index (κ3) is 4.12. The van der Waals surface area contributed by atoms with Crippen molar-refractivity contribution in [2.75, 3.05) is 19.6 Å². The van der Waals surface area contributed by atoms with E-state index in [1.807, 2.05) is 12.2 Å². The first kappa shape index (κ1) is 14.2. The number of nitrogens with zero attached hydrogens (tertiary/aromatic N) is 1. The fourth-order valence-corrected chi connectivity index (χ4v) is 2.66. The molecule has 0 aliphatic heterocycles. The zero-order valence-electron chi connectivity index (χ0n) is 11.0. The highest BCUT2D eigenvalue weighted by Crippen LogP contribution is 2.37. The van der Waals surface area contributed by atoms with Crippen molar-refractivity contribution in [2.45, 2.75) is 32.6 Å². The van der Waals surface area contributed by atoms with Crippen LogP contribution in [0.4, 0.5) is 0 Å². The molecule has 0 spiro atoms. The molecule has 0 aromatic carbocycles. The molecule has 0 amide bonds. The minimum absolute atomic E-state index is 0.126. The second-order valence-electron chi connectivity index (χ2n) is 5.43. The number of hydrogen-bond donors (Lipinski definition) is 0. The number of hydrogen-bond acceptors (Lipinski definition) is 2. The molecule has 17 heavy (non-hydrogen) atoms. The molecule has 96 valence electrons. The van der Waals surface area contributed by atoms with Crippen molar-refractivity contribution < 1.29 is 4.79 Å². The predicted octanol–water partition coefficient (Wildman–Crippen LogP) is 3.06. The molecule has 0 aromatic heterocycles. The zero-order chi connectivity index (χ0) is 12.7. The van der Waals surface area contributed by atoms with E-state index in [0.717, 1.165) is 38.4 Å². The quantitative estimate of drug-likeness (QED) is 0.499. The maximum absolute atomic E-state index is 11.5. The lowest BCUT2D eigenvalue weighted by Gasteiger charge is -2.38. The van der Waals surface area contributed by atoms with Crippen molar-refractivity contribution >= 4 is 6.29 Å². The van der Waals surface area contributed by atoms with E-state index in [9.17, 15) is 4.79 Å². The summed E-state index contributed by atoms with van der Waals surface area (Å²) in [6.07, 6.45) is 9.40. The van der Waals surface area contributed by atoms with E-state index in [4.69, 9.17) is 0 Å². The summed E-state index contributed by atoms with van der Waals surface area (Å²) in [5.74, 6) is 0.773. The van der Waals surface area contributed by atoms with Gasteiger partial charge in [-0.2, -0.15) is 0 Å². The van der Waals surface area contributed by atoms with Crippen molar-refractivity contribution in [3.63, 3.8) is 0 Å². The van der Waals surface area contributed by atoms with Crippen molar-refractivity contribution in [1.29, 1.82) is 0 Å². The van der Waals surface area contributed by atoms with Crippen LogP contribution in [0.3, 0.4) is 0 Å². The Morgan fingerprint density at radius 3 is 2.18 bits per heavy atom. The van der Waals surface area contributed by atoms with Gasteiger partial charge in [-0.3, -0.25) is 4.90 Å². The van der Waals surface area contributed by atoms with Gasteiger partial charge in [0.05, 0.1) is 0 Å². The lowest BCUT2D eigenvalue weighted by Crippen LogP contribution is -2.41. The minimum atomic E-state index is -0.126. The molecule has 1 saturated carbocycles. The van der Waals surface area contributed by atoms with Gasteiger partial charge < -0.3 is 4.79 Å². The van der Waals surface area contributed by atoms with Gasteiger partial charge in [0.15, 0.2) is 0 Å². The highest BCUT2D eigenvalue weighted by atomic mass is 16.1. The first-order valence-electron chi connectivity index (χ1n) is 6.56. The third-order valence-electron chi connectivity index (χ3n) is 3.83. The van der Waals surface area contributed by atoms with E-state index in [-0.39, 0.29) is 5.41 Å². The van der Waals surface area contributed by atoms with Crippen LogP contribution in [0.2, 0.25) is 0 Å². The van der Waals surface area contributed by atoms with Gasteiger partial charge in [-0.05, 0) is 31.6 Å². The Hall–Kier alpha value is -0.890. The average molecular weight is 235 g/mol. The third-order valence-corrected chi connectivity index (χ3v) is 3.83. The van der Waals surface area contributed by atoms with E-state index < -0.39 is 0 Å². The molecule has 0 heterocycles. The van der Waals surface area contributed by atoms with Crippen LogP contribution in [-0.2, 0) is 4.79 Å². The SMILES string of the molecule is C=CCN(CC=C)CC1(C=O)CCC(C)CC1. The van der Waals surface area contributed by atoms with Gasteiger partial charge in [-0.15, -0.1) is 13.2 Å². The molecule has 0 aromatic rings. The molecule has 0 saturated heterocycles. The topological polar surface area (TPSA) is 20.3 Å². The molecule has 0 atom stereocenters. The molecular weight excluding hydrogens is 210 g/mol. The standard InChI is InChI=1S/C15H25NO/c1-4-10-16(11-5-2)12-15(13-17)8-6-14(3)7-9-15/h4-5,13-14H,1-2,6-12H2,3H3. The number of carbonyl (C=O) groups excluding carboxylic acids is 1. The van der Waals surface area contributed by atoms with Crippen molar-refractivity contribution in [3.8, 4) is 0 Å². The Kier molecular flexibility index (Phi) is 5.63. The Labute approximate surface area is 105 Å².